The summed E-state index contributed by atoms with van der Waals surface area (Å²) in [7, 11) is 0. The Morgan fingerprint density at radius 3 is 2.60 bits per heavy atom. The largest absolute Gasteiger partial charge is 0.398 e. The van der Waals surface area contributed by atoms with Gasteiger partial charge < -0.3 is 5.73 Å². The van der Waals surface area contributed by atoms with E-state index in [1.165, 1.54) is 0 Å². The van der Waals surface area contributed by atoms with E-state index in [0.717, 1.165) is 39.4 Å². The van der Waals surface area contributed by atoms with Gasteiger partial charge in [0, 0.05) is 22.2 Å². The number of nitrogens with two attached hydrogens (primary N) is 1. The van der Waals surface area contributed by atoms with E-state index < -0.39 is 0 Å². The maximum atomic E-state index is 12.8. The van der Waals surface area contributed by atoms with E-state index in [9.17, 15) is 4.79 Å². The fraction of sp³-hybridized carbons (Fsp3) is 0.0556. The van der Waals surface area contributed by atoms with Gasteiger partial charge in [-0.3, -0.25) is 4.79 Å². The van der Waals surface area contributed by atoms with E-state index in [1.807, 2.05) is 54.6 Å². The van der Waals surface area contributed by atoms with Crippen molar-refractivity contribution in [2.24, 2.45) is 0 Å². The van der Waals surface area contributed by atoms with Crippen LogP contribution in [0.25, 0.3) is 10.8 Å². The fourth-order valence-electron chi connectivity index (χ4n) is 3.09. The van der Waals surface area contributed by atoms with Crippen LogP contribution >= 0.6 is 0 Å². The van der Waals surface area contributed by atoms with E-state index >= 15 is 0 Å². The summed E-state index contributed by atoms with van der Waals surface area (Å²) in [6, 6.07) is 17.7. The summed E-state index contributed by atoms with van der Waals surface area (Å²) in [6.45, 7) is 0. The van der Waals surface area contributed by atoms with Crippen LogP contribution in [0.1, 0.15) is 27.0 Å². The van der Waals surface area contributed by atoms with E-state index in [1.54, 1.807) is 0 Å². The molecule has 0 bridgehead atoms. The number of fused-ring (bicyclic) bond motifs is 4. The van der Waals surface area contributed by atoms with Crippen molar-refractivity contribution in [3.05, 3.63) is 76.9 Å². The van der Waals surface area contributed by atoms with E-state index in [2.05, 4.69) is 0 Å². The van der Waals surface area contributed by atoms with Gasteiger partial charge in [0.2, 0.25) is 0 Å². The van der Waals surface area contributed by atoms with Gasteiger partial charge in [0.05, 0.1) is 0 Å². The van der Waals surface area contributed by atoms with Gasteiger partial charge in [-0.05, 0) is 29.0 Å². The Morgan fingerprint density at radius 1 is 0.850 bits per heavy atom. The molecule has 0 saturated carbocycles. The second kappa shape index (κ2) is 3.94. The molecule has 2 N–H and O–H groups in total. The minimum Gasteiger partial charge on any atom is -0.398 e. The van der Waals surface area contributed by atoms with Crippen LogP contribution < -0.4 is 5.73 Å². The molecular weight excluding hydrogens is 246 g/mol. The summed E-state index contributed by atoms with van der Waals surface area (Å²) >= 11 is 0. The summed E-state index contributed by atoms with van der Waals surface area (Å²) in [5.74, 6) is 0.0883. The van der Waals surface area contributed by atoms with Crippen LogP contribution in [0.15, 0.2) is 54.6 Å². The zero-order valence-corrected chi connectivity index (χ0v) is 10.9. The molecule has 0 radical (unpaired) electrons. The number of carbonyl (C=O) groups excluding carboxylic acids is 1. The first kappa shape index (κ1) is 11.2. The lowest BCUT2D eigenvalue weighted by Crippen LogP contribution is -2.15. The van der Waals surface area contributed by atoms with Crippen molar-refractivity contribution in [2.75, 3.05) is 5.73 Å². The number of anilines is 1. The lowest BCUT2D eigenvalue weighted by molar-refractivity contribution is 0.103. The fourth-order valence-corrected chi connectivity index (χ4v) is 3.09. The highest BCUT2D eigenvalue weighted by molar-refractivity contribution is 6.21. The smallest absolute Gasteiger partial charge is 0.194 e. The van der Waals surface area contributed by atoms with Crippen molar-refractivity contribution in [1.29, 1.82) is 0 Å². The first-order valence-corrected chi connectivity index (χ1v) is 6.68. The van der Waals surface area contributed by atoms with Crippen molar-refractivity contribution in [3.63, 3.8) is 0 Å². The highest BCUT2D eigenvalue weighted by Crippen LogP contribution is 2.34. The third-order valence-corrected chi connectivity index (χ3v) is 4.03. The molecule has 4 rings (SSSR count). The van der Waals surface area contributed by atoms with E-state index in [0.29, 0.717) is 5.69 Å². The standard InChI is InChI=1S/C18H13NO/c19-15-7-3-5-11-8-9-13-10-12-4-1-2-6-14(12)18(20)17(13)16(11)15/h1-9H,10,19H2. The second-order valence-corrected chi connectivity index (χ2v) is 5.21. The molecule has 96 valence electrons. The monoisotopic (exact) mass is 259 g/mol. The van der Waals surface area contributed by atoms with Crippen molar-refractivity contribution in [2.45, 2.75) is 6.42 Å². The molecule has 0 atom stereocenters. The molecule has 3 aromatic carbocycles. The Labute approximate surface area is 116 Å². The van der Waals surface area contributed by atoms with Gasteiger partial charge in [-0.25, -0.2) is 0 Å². The average Bonchev–Trinajstić information content (AvgIpc) is 2.47. The molecule has 0 aromatic heterocycles. The van der Waals surface area contributed by atoms with E-state index in [-0.39, 0.29) is 5.78 Å². The van der Waals surface area contributed by atoms with Crippen LogP contribution in [0.2, 0.25) is 0 Å². The molecule has 2 nitrogen and oxygen atoms in total. The van der Waals surface area contributed by atoms with Crippen LogP contribution in [0.4, 0.5) is 5.69 Å². The van der Waals surface area contributed by atoms with Gasteiger partial charge in [0.15, 0.2) is 5.78 Å². The molecule has 1 aliphatic rings. The van der Waals surface area contributed by atoms with Gasteiger partial charge >= 0.3 is 0 Å². The van der Waals surface area contributed by atoms with Gasteiger partial charge in [-0.1, -0.05) is 48.5 Å². The molecule has 0 amide bonds. The van der Waals surface area contributed by atoms with Crippen LogP contribution in [0, 0.1) is 0 Å². The lowest BCUT2D eigenvalue weighted by Gasteiger charge is -2.20. The number of ketones is 1. The maximum absolute atomic E-state index is 12.8. The zero-order chi connectivity index (χ0) is 13.7. The summed E-state index contributed by atoms with van der Waals surface area (Å²) < 4.78 is 0. The number of carbonyl (C=O) groups is 1. The lowest BCUT2D eigenvalue weighted by atomic mass is 9.82. The van der Waals surface area contributed by atoms with Crippen LogP contribution in [0.5, 0.6) is 0 Å². The molecule has 0 heterocycles. The van der Waals surface area contributed by atoms with Gasteiger partial charge in [-0.2, -0.15) is 0 Å². The number of nitrogen functional groups attached to an aromatic ring is 1. The molecule has 2 heteroatoms. The highest BCUT2D eigenvalue weighted by Gasteiger charge is 2.25. The first-order valence-electron chi connectivity index (χ1n) is 6.68. The van der Waals surface area contributed by atoms with E-state index in [4.69, 9.17) is 5.73 Å². The third-order valence-electron chi connectivity index (χ3n) is 4.03. The highest BCUT2D eigenvalue weighted by atomic mass is 16.1. The molecule has 1 aliphatic carbocycles. The minimum atomic E-state index is 0.0883. The Balaban J connectivity index is 2.10. The van der Waals surface area contributed by atoms with Crippen molar-refractivity contribution in [3.8, 4) is 0 Å². The molecule has 0 fully saturated rings. The van der Waals surface area contributed by atoms with Crippen molar-refractivity contribution < 1.29 is 4.79 Å². The zero-order valence-electron chi connectivity index (χ0n) is 10.9. The Morgan fingerprint density at radius 2 is 1.70 bits per heavy atom. The predicted molar refractivity (Wildman–Crippen MR) is 81.0 cm³/mol. The van der Waals surface area contributed by atoms with Crippen LogP contribution in [-0.4, -0.2) is 5.78 Å². The van der Waals surface area contributed by atoms with Crippen molar-refractivity contribution in [1.82, 2.24) is 0 Å². The summed E-state index contributed by atoms with van der Waals surface area (Å²) in [5, 5.41) is 1.92. The summed E-state index contributed by atoms with van der Waals surface area (Å²) in [6.07, 6.45) is 0.793. The molecule has 0 saturated heterocycles. The quantitative estimate of drug-likeness (QED) is 0.491. The third kappa shape index (κ3) is 1.42. The van der Waals surface area contributed by atoms with Crippen molar-refractivity contribution >= 4 is 22.2 Å². The molecule has 0 spiro atoms. The molecule has 3 aromatic rings. The normalized spacial score (nSPS) is 13.1. The molecule has 20 heavy (non-hydrogen) atoms. The molecule has 0 unspecified atom stereocenters. The van der Waals surface area contributed by atoms with Gasteiger partial charge in [-0.15, -0.1) is 0 Å². The number of rotatable bonds is 0. The average molecular weight is 259 g/mol. The molecule has 0 aliphatic heterocycles. The Hall–Kier alpha value is -2.61. The Bertz CT molecular complexity index is 864. The summed E-state index contributed by atoms with van der Waals surface area (Å²) in [4.78, 5) is 12.8. The second-order valence-electron chi connectivity index (χ2n) is 5.21. The maximum Gasteiger partial charge on any atom is 0.194 e. The van der Waals surface area contributed by atoms with Crippen LogP contribution in [0.3, 0.4) is 0 Å². The van der Waals surface area contributed by atoms with Crippen LogP contribution in [-0.2, 0) is 6.42 Å². The first-order chi connectivity index (χ1) is 9.75. The number of hydrogen-bond donors (Lipinski definition) is 1. The topological polar surface area (TPSA) is 43.1 Å². The minimum absolute atomic E-state index is 0.0883. The van der Waals surface area contributed by atoms with Gasteiger partial charge in [0.1, 0.15) is 0 Å². The Kier molecular flexibility index (Phi) is 2.21. The SMILES string of the molecule is Nc1cccc2ccc3c(c12)C(=O)c1ccccc1C3. The van der Waals surface area contributed by atoms with Gasteiger partial charge in [0.25, 0.3) is 0 Å². The summed E-state index contributed by atoms with van der Waals surface area (Å²) in [5.41, 5.74) is 10.5. The predicted octanol–water partition coefficient (Wildman–Crippen LogP) is 3.56. The number of benzene rings is 3. The number of hydrogen-bond acceptors (Lipinski definition) is 2. The molecular formula is C18H13NO.